The molecule has 0 saturated carbocycles. The van der Waals surface area contributed by atoms with Gasteiger partial charge in [-0.2, -0.15) is 5.10 Å². The van der Waals surface area contributed by atoms with E-state index in [4.69, 9.17) is 14.2 Å². The zero-order valence-corrected chi connectivity index (χ0v) is 27.1. The third-order valence-corrected chi connectivity index (χ3v) is 8.67. The summed E-state index contributed by atoms with van der Waals surface area (Å²) in [6.45, 7) is 1.12. The first-order valence-corrected chi connectivity index (χ1v) is 15.7. The van der Waals surface area contributed by atoms with Gasteiger partial charge in [-0.1, -0.05) is 30.3 Å². The first kappa shape index (κ1) is 33.0. The van der Waals surface area contributed by atoms with Crippen LogP contribution in [0.1, 0.15) is 18.1 Å². The van der Waals surface area contributed by atoms with Crippen LogP contribution in [-0.2, 0) is 26.2 Å². The number of halogens is 1. The highest BCUT2D eigenvalue weighted by Gasteiger charge is 2.27. The van der Waals surface area contributed by atoms with Crippen LogP contribution in [0.15, 0.2) is 105 Å². The minimum Gasteiger partial charge on any atom is -0.497 e. The Bertz CT molecular complexity index is 1770. The number of hydrogen-bond acceptors (Lipinski definition) is 8. The standard InChI is InChI=1S/C32H31BrN4O7S/c1-22(38)35-25-9-15-28(16-10-25)45(40,41)37(26-11-13-27(42-2)14-12-26)20-31(39)36-34-19-24-17-29(33)32(30(18-24)43-3)44-21-23-7-5-4-6-8-23/h4-19H,20-21H2,1-3H3,(H,35,38)(H,36,39)/b34-19+. The fraction of sp³-hybridized carbons (Fsp3) is 0.156. The summed E-state index contributed by atoms with van der Waals surface area (Å²) in [4.78, 5) is 24.3. The highest BCUT2D eigenvalue weighted by Crippen LogP contribution is 2.37. The van der Waals surface area contributed by atoms with Gasteiger partial charge < -0.3 is 19.5 Å². The van der Waals surface area contributed by atoms with Crippen molar-refractivity contribution in [3.05, 3.63) is 107 Å². The first-order valence-electron chi connectivity index (χ1n) is 13.5. The third-order valence-electron chi connectivity index (χ3n) is 6.29. The molecule has 0 aliphatic rings. The number of carbonyl (C=O) groups is 2. The number of nitrogens with zero attached hydrogens (tertiary/aromatic N) is 2. The molecule has 0 aromatic heterocycles. The van der Waals surface area contributed by atoms with Crippen molar-refractivity contribution in [3.8, 4) is 17.2 Å². The summed E-state index contributed by atoms with van der Waals surface area (Å²) >= 11 is 3.51. The molecule has 0 aliphatic carbocycles. The van der Waals surface area contributed by atoms with E-state index in [0.717, 1.165) is 9.87 Å². The lowest BCUT2D eigenvalue weighted by Gasteiger charge is -2.24. The van der Waals surface area contributed by atoms with Crippen molar-refractivity contribution >= 4 is 55.4 Å². The van der Waals surface area contributed by atoms with Crippen molar-refractivity contribution in [2.24, 2.45) is 5.10 Å². The maximum atomic E-state index is 13.7. The molecule has 4 aromatic carbocycles. The maximum absolute atomic E-state index is 13.7. The lowest BCUT2D eigenvalue weighted by Crippen LogP contribution is -2.39. The van der Waals surface area contributed by atoms with Crippen molar-refractivity contribution in [1.82, 2.24) is 5.43 Å². The van der Waals surface area contributed by atoms with Crippen LogP contribution >= 0.6 is 15.9 Å². The molecule has 234 valence electrons. The molecule has 45 heavy (non-hydrogen) atoms. The Labute approximate surface area is 270 Å². The lowest BCUT2D eigenvalue weighted by molar-refractivity contribution is -0.119. The van der Waals surface area contributed by atoms with E-state index in [-0.39, 0.29) is 16.5 Å². The highest BCUT2D eigenvalue weighted by atomic mass is 79.9. The number of benzene rings is 4. The van der Waals surface area contributed by atoms with Gasteiger partial charge >= 0.3 is 0 Å². The van der Waals surface area contributed by atoms with Gasteiger partial charge in [0.2, 0.25) is 5.91 Å². The summed E-state index contributed by atoms with van der Waals surface area (Å²) in [6.07, 6.45) is 1.40. The number of hydrogen-bond donors (Lipinski definition) is 2. The van der Waals surface area contributed by atoms with Crippen LogP contribution in [0.4, 0.5) is 11.4 Å². The summed E-state index contributed by atoms with van der Waals surface area (Å²) < 4.78 is 45.6. The van der Waals surface area contributed by atoms with E-state index in [1.54, 1.807) is 24.3 Å². The zero-order chi connectivity index (χ0) is 32.4. The molecule has 0 aliphatic heterocycles. The number of anilines is 2. The van der Waals surface area contributed by atoms with Crippen molar-refractivity contribution in [2.45, 2.75) is 18.4 Å². The van der Waals surface area contributed by atoms with Crippen LogP contribution < -0.4 is 29.3 Å². The average Bonchev–Trinajstić information content (AvgIpc) is 3.03. The fourth-order valence-electron chi connectivity index (χ4n) is 4.13. The van der Waals surface area contributed by atoms with E-state index < -0.39 is 22.5 Å². The van der Waals surface area contributed by atoms with Gasteiger partial charge in [-0.3, -0.25) is 13.9 Å². The van der Waals surface area contributed by atoms with E-state index in [0.29, 0.717) is 39.6 Å². The third kappa shape index (κ3) is 8.83. The van der Waals surface area contributed by atoms with Gasteiger partial charge in [0.1, 0.15) is 18.9 Å². The van der Waals surface area contributed by atoms with Gasteiger partial charge in [0, 0.05) is 12.6 Å². The quantitative estimate of drug-likeness (QED) is 0.142. The SMILES string of the molecule is COc1ccc(N(CC(=O)N/N=C/c2cc(Br)c(OCc3ccccc3)c(OC)c2)S(=O)(=O)c2ccc(NC(C)=O)cc2)cc1. The molecule has 2 amide bonds. The summed E-state index contributed by atoms with van der Waals surface area (Å²) in [5.74, 6) is 0.500. The molecule has 0 atom stereocenters. The summed E-state index contributed by atoms with van der Waals surface area (Å²) in [6, 6.07) is 25.0. The zero-order valence-electron chi connectivity index (χ0n) is 24.7. The summed E-state index contributed by atoms with van der Waals surface area (Å²) in [7, 11) is -1.20. The normalized spacial score (nSPS) is 11.1. The van der Waals surface area contributed by atoms with Crippen LogP contribution in [0.5, 0.6) is 17.2 Å². The number of hydrazone groups is 1. The number of carbonyl (C=O) groups excluding carboxylic acids is 2. The topological polar surface area (TPSA) is 136 Å². The van der Waals surface area contributed by atoms with Crippen LogP contribution in [0.3, 0.4) is 0 Å². The lowest BCUT2D eigenvalue weighted by atomic mass is 10.2. The molecule has 4 rings (SSSR count). The Morgan fingerprint density at radius 2 is 1.62 bits per heavy atom. The van der Waals surface area contributed by atoms with Gasteiger partial charge in [-0.15, -0.1) is 0 Å². The van der Waals surface area contributed by atoms with Crippen LogP contribution in [0, 0.1) is 0 Å². The number of methoxy groups -OCH3 is 2. The Hall–Kier alpha value is -4.88. The fourth-order valence-corrected chi connectivity index (χ4v) is 6.13. The highest BCUT2D eigenvalue weighted by molar-refractivity contribution is 9.10. The van der Waals surface area contributed by atoms with E-state index in [1.807, 2.05) is 30.3 Å². The molecule has 2 N–H and O–H groups in total. The Kier molecular flexibility index (Phi) is 11.2. The van der Waals surface area contributed by atoms with Gasteiger partial charge in [0.25, 0.3) is 15.9 Å². The monoisotopic (exact) mass is 694 g/mol. The average molecular weight is 696 g/mol. The molecule has 0 bridgehead atoms. The minimum absolute atomic E-state index is 0.0739. The van der Waals surface area contributed by atoms with Gasteiger partial charge in [0.05, 0.1) is 35.5 Å². The van der Waals surface area contributed by atoms with E-state index in [2.05, 4.69) is 31.8 Å². The summed E-state index contributed by atoms with van der Waals surface area (Å²) in [5.41, 5.74) is 4.64. The second-order valence-electron chi connectivity index (χ2n) is 9.52. The Morgan fingerprint density at radius 1 is 0.933 bits per heavy atom. The van der Waals surface area contributed by atoms with Crippen molar-refractivity contribution in [1.29, 1.82) is 0 Å². The second kappa shape index (κ2) is 15.2. The largest absolute Gasteiger partial charge is 0.497 e. The maximum Gasteiger partial charge on any atom is 0.264 e. The molecular formula is C32H31BrN4O7S. The number of ether oxygens (including phenoxy) is 3. The molecule has 0 spiro atoms. The van der Waals surface area contributed by atoms with Gasteiger partial charge in [-0.05, 0) is 87.7 Å². The molecule has 0 fully saturated rings. The van der Waals surface area contributed by atoms with E-state index in [1.165, 1.54) is 63.8 Å². The smallest absolute Gasteiger partial charge is 0.264 e. The molecular weight excluding hydrogens is 664 g/mol. The second-order valence-corrected chi connectivity index (χ2v) is 12.2. The Balaban J connectivity index is 1.50. The molecule has 0 radical (unpaired) electrons. The van der Waals surface area contributed by atoms with E-state index in [9.17, 15) is 18.0 Å². The van der Waals surface area contributed by atoms with Crippen LogP contribution in [-0.4, -0.2) is 47.2 Å². The van der Waals surface area contributed by atoms with Crippen molar-refractivity contribution < 1.29 is 32.2 Å². The molecule has 11 nitrogen and oxygen atoms in total. The van der Waals surface area contributed by atoms with E-state index >= 15 is 0 Å². The van der Waals surface area contributed by atoms with Crippen molar-refractivity contribution in [3.63, 3.8) is 0 Å². The predicted molar refractivity (Wildman–Crippen MR) is 175 cm³/mol. The molecule has 0 saturated heterocycles. The van der Waals surface area contributed by atoms with Gasteiger partial charge in [-0.25, -0.2) is 13.8 Å². The Morgan fingerprint density at radius 3 is 2.24 bits per heavy atom. The molecule has 13 heteroatoms. The molecule has 4 aromatic rings. The first-order chi connectivity index (χ1) is 21.6. The number of rotatable bonds is 13. The number of sulfonamides is 1. The van der Waals surface area contributed by atoms with Crippen molar-refractivity contribution in [2.75, 3.05) is 30.4 Å². The van der Waals surface area contributed by atoms with Crippen LogP contribution in [0.25, 0.3) is 0 Å². The predicted octanol–water partition coefficient (Wildman–Crippen LogP) is 5.35. The summed E-state index contributed by atoms with van der Waals surface area (Å²) in [5, 5.41) is 6.62. The minimum atomic E-state index is -4.21. The molecule has 0 heterocycles. The molecule has 0 unspecified atom stereocenters. The van der Waals surface area contributed by atoms with Gasteiger partial charge in [0.15, 0.2) is 11.5 Å². The number of nitrogens with one attached hydrogen (secondary N) is 2. The number of amides is 2. The van der Waals surface area contributed by atoms with Crippen LogP contribution in [0.2, 0.25) is 0 Å².